The fourth-order valence-corrected chi connectivity index (χ4v) is 6.56. The molecule has 0 bridgehead atoms. The number of carbonyl (C=O) groups is 1. The predicted octanol–water partition coefficient (Wildman–Crippen LogP) is 4.31. The van der Waals surface area contributed by atoms with Crippen molar-refractivity contribution in [3.05, 3.63) is 59.7 Å². The van der Waals surface area contributed by atoms with Gasteiger partial charge in [0.1, 0.15) is 0 Å². The molecule has 2 aromatic rings. The Kier molecular flexibility index (Phi) is 8.02. The van der Waals surface area contributed by atoms with E-state index in [0.717, 1.165) is 36.1 Å². The first-order valence-electron chi connectivity index (χ1n) is 11.9. The van der Waals surface area contributed by atoms with Crippen LogP contribution in [0.2, 0.25) is 0 Å². The van der Waals surface area contributed by atoms with Crippen molar-refractivity contribution in [1.29, 1.82) is 0 Å². The second kappa shape index (κ2) is 10.8. The molecule has 2 aromatic carbocycles. The molecule has 2 heterocycles. The SMILES string of the molecule is CSc1ccc(S(=O)(=O)NCC2(c3ccccc3)CCOCC2)cc1C(=O)N1CCC(C)CC1. The maximum atomic E-state index is 13.4. The second-order valence-electron chi connectivity index (χ2n) is 9.42. The van der Waals surface area contributed by atoms with Gasteiger partial charge in [0, 0.05) is 43.2 Å². The van der Waals surface area contributed by atoms with Crippen molar-refractivity contribution < 1.29 is 17.9 Å². The highest BCUT2D eigenvalue weighted by Gasteiger charge is 2.36. The van der Waals surface area contributed by atoms with E-state index in [2.05, 4.69) is 23.8 Å². The Morgan fingerprint density at radius 1 is 1.12 bits per heavy atom. The number of hydrogen-bond donors (Lipinski definition) is 1. The first-order valence-corrected chi connectivity index (χ1v) is 14.7. The van der Waals surface area contributed by atoms with Gasteiger partial charge in [0.15, 0.2) is 0 Å². The van der Waals surface area contributed by atoms with Crippen LogP contribution in [-0.4, -0.2) is 58.3 Å². The van der Waals surface area contributed by atoms with Crippen molar-refractivity contribution in [1.82, 2.24) is 9.62 Å². The molecule has 0 aliphatic carbocycles. The lowest BCUT2D eigenvalue weighted by molar-refractivity contribution is 0.0517. The maximum absolute atomic E-state index is 13.4. The fraction of sp³-hybridized carbons (Fsp3) is 0.500. The molecule has 0 unspecified atom stereocenters. The predicted molar refractivity (Wildman–Crippen MR) is 136 cm³/mol. The van der Waals surface area contributed by atoms with Crippen LogP contribution in [0, 0.1) is 5.92 Å². The summed E-state index contributed by atoms with van der Waals surface area (Å²) >= 11 is 1.46. The van der Waals surface area contributed by atoms with Gasteiger partial charge in [-0.25, -0.2) is 13.1 Å². The number of nitrogens with zero attached hydrogens (tertiary/aromatic N) is 1. The van der Waals surface area contributed by atoms with Crippen molar-refractivity contribution in [2.24, 2.45) is 5.92 Å². The zero-order chi connectivity index (χ0) is 24.2. The zero-order valence-electron chi connectivity index (χ0n) is 20.0. The number of likely N-dealkylation sites (tertiary alicyclic amines) is 1. The molecule has 34 heavy (non-hydrogen) atoms. The number of piperidine rings is 1. The highest BCUT2D eigenvalue weighted by molar-refractivity contribution is 7.98. The first-order chi connectivity index (χ1) is 16.3. The van der Waals surface area contributed by atoms with E-state index in [9.17, 15) is 13.2 Å². The van der Waals surface area contributed by atoms with Crippen LogP contribution in [-0.2, 0) is 20.2 Å². The Balaban J connectivity index is 1.57. The Bertz CT molecular complexity index is 1090. The Morgan fingerprint density at radius 3 is 2.44 bits per heavy atom. The summed E-state index contributed by atoms with van der Waals surface area (Å²) in [4.78, 5) is 16.1. The number of amides is 1. The van der Waals surface area contributed by atoms with Crippen molar-refractivity contribution in [2.45, 2.75) is 47.8 Å². The summed E-state index contributed by atoms with van der Waals surface area (Å²) < 4.78 is 35.2. The number of hydrogen-bond acceptors (Lipinski definition) is 5. The summed E-state index contributed by atoms with van der Waals surface area (Å²) in [5.74, 6) is 0.528. The number of ether oxygens (including phenoxy) is 1. The van der Waals surface area contributed by atoms with E-state index in [4.69, 9.17) is 4.74 Å². The molecule has 1 N–H and O–H groups in total. The molecule has 184 valence electrons. The standard InChI is InChI=1S/C26H34N2O4S2/c1-20-10-14-28(15-11-20)25(29)23-18-22(8-9-24(23)33-2)34(30,31)27-19-26(12-16-32-17-13-26)21-6-4-3-5-7-21/h3-9,18,20,27H,10-17,19H2,1-2H3. The van der Waals surface area contributed by atoms with Crippen LogP contribution in [0.1, 0.15) is 48.5 Å². The van der Waals surface area contributed by atoms with Gasteiger partial charge in [-0.15, -0.1) is 11.8 Å². The molecule has 2 saturated heterocycles. The van der Waals surface area contributed by atoms with E-state index in [-0.39, 0.29) is 16.2 Å². The molecule has 0 atom stereocenters. The first kappa shape index (κ1) is 25.2. The minimum Gasteiger partial charge on any atom is -0.381 e. The van der Waals surface area contributed by atoms with E-state index in [0.29, 0.717) is 44.3 Å². The van der Waals surface area contributed by atoms with Crippen LogP contribution in [0.4, 0.5) is 0 Å². The van der Waals surface area contributed by atoms with Gasteiger partial charge in [-0.2, -0.15) is 0 Å². The number of thioether (sulfide) groups is 1. The third kappa shape index (κ3) is 5.51. The van der Waals surface area contributed by atoms with E-state index in [1.165, 1.54) is 11.8 Å². The van der Waals surface area contributed by atoms with Gasteiger partial charge < -0.3 is 9.64 Å². The van der Waals surface area contributed by atoms with Crippen molar-refractivity contribution >= 4 is 27.7 Å². The van der Waals surface area contributed by atoms with Crippen LogP contribution in [0.15, 0.2) is 58.3 Å². The lowest BCUT2D eigenvalue weighted by Gasteiger charge is -2.38. The Hall–Kier alpha value is -1.87. The Labute approximate surface area is 207 Å². The quantitative estimate of drug-likeness (QED) is 0.571. The number of rotatable bonds is 7. The smallest absolute Gasteiger partial charge is 0.255 e. The highest BCUT2D eigenvalue weighted by Crippen LogP contribution is 2.35. The third-order valence-electron chi connectivity index (χ3n) is 7.22. The summed E-state index contributed by atoms with van der Waals surface area (Å²) in [5, 5.41) is 0. The normalized spacial score (nSPS) is 19.2. The van der Waals surface area contributed by atoms with Crippen LogP contribution in [0.25, 0.3) is 0 Å². The number of nitrogens with one attached hydrogen (secondary N) is 1. The summed E-state index contributed by atoms with van der Waals surface area (Å²) in [6.07, 6.45) is 5.37. The molecule has 2 aliphatic heterocycles. The topological polar surface area (TPSA) is 75.7 Å². The van der Waals surface area contributed by atoms with Gasteiger partial charge >= 0.3 is 0 Å². The lowest BCUT2D eigenvalue weighted by atomic mass is 9.74. The molecule has 6 nitrogen and oxygen atoms in total. The van der Waals surface area contributed by atoms with Gasteiger partial charge in [-0.05, 0) is 61.6 Å². The fourth-order valence-electron chi connectivity index (χ4n) is 4.84. The van der Waals surface area contributed by atoms with Gasteiger partial charge in [-0.1, -0.05) is 37.3 Å². The van der Waals surface area contributed by atoms with Crippen LogP contribution >= 0.6 is 11.8 Å². The summed E-state index contributed by atoms with van der Waals surface area (Å²) in [7, 11) is -3.80. The third-order valence-corrected chi connectivity index (χ3v) is 9.41. The molecule has 1 amide bonds. The summed E-state index contributed by atoms with van der Waals surface area (Å²) in [5.41, 5.74) is 1.28. The minimum atomic E-state index is -3.80. The molecular weight excluding hydrogens is 468 g/mol. The van der Waals surface area contributed by atoms with Crippen LogP contribution in [0.5, 0.6) is 0 Å². The second-order valence-corrected chi connectivity index (χ2v) is 12.0. The summed E-state index contributed by atoms with van der Waals surface area (Å²) in [6, 6.07) is 15.0. The molecule has 8 heteroatoms. The monoisotopic (exact) mass is 502 g/mol. The van der Waals surface area contributed by atoms with Crippen molar-refractivity contribution in [3.63, 3.8) is 0 Å². The molecule has 0 spiro atoms. The van der Waals surface area contributed by atoms with E-state index < -0.39 is 10.0 Å². The van der Waals surface area contributed by atoms with Gasteiger partial charge in [0.2, 0.25) is 10.0 Å². The molecule has 2 fully saturated rings. The van der Waals surface area contributed by atoms with E-state index in [1.54, 1.807) is 18.2 Å². The number of benzene rings is 2. The molecule has 0 aromatic heterocycles. The Morgan fingerprint density at radius 2 is 1.79 bits per heavy atom. The van der Waals surface area contributed by atoms with Gasteiger partial charge in [0.05, 0.1) is 10.5 Å². The molecular formula is C26H34N2O4S2. The van der Waals surface area contributed by atoms with E-state index in [1.807, 2.05) is 29.4 Å². The highest BCUT2D eigenvalue weighted by atomic mass is 32.2. The van der Waals surface area contributed by atoms with E-state index >= 15 is 0 Å². The maximum Gasteiger partial charge on any atom is 0.255 e. The molecule has 0 radical (unpaired) electrons. The van der Waals surface area contributed by atoms with Crippen molar-refractivity contribution in [3.8, 4) is 0 Å². The van der Waals surface area contributed by atoms with Crippen LogP contribution < -0.4 is 4.72 Å². The largest absolute Gasteiger partial charge is 0.381 e. The molecule has 2 aliphatic rings. The summed E-state index contributed by atoms with van der Waals surface area (Å²) in [6.45, 7) is 5.13. The van der Waals surface area contributed by atoms with Crippen LogP contribution in [0.3, 0.4) is 0 Å². The molecule has 0 saturated carbocycles. The average Bonchev–Trinajstić information content (AvgIpc) is 2.88. The lowest BCUT2D eigenvalue weighted by Crippen LogP contribution is -2.44. The zero-order valence-corrected chi connectivity index (χ0v) is 21.6. The average molecular weight is 503 g/mol. The number of sulfonamides is 1. The van der Waals surface area contributed by atoms with Crippen molar-refractivity contribution in [2.75, 3.05) is 39.1 Å². The molecule has 4 rings (SSSR count). The minimum absolute atomic E-state index is 0.0847. The van der Waals surface area contributed by atoms with Gasteiger partial charge in [-0.3, -0.25) is 4.79 Å². The number of carbonyl (C=O) groups excluding carboxylic acids is 1. The van der Waals surface area contributed by atoms with Gasteiger partial charge in [0.25, 0.3) is 5.91 Å².